The molecule has 0 spiro atoms. The zero-order valence-corrected chi connectivity index (χ0v) is 11.5. The third-order valence-electron chi connectivity index (χ3n) is 2.94. The molecule has 1 saturated heterocycles. The molecule has 0 saturated carbocycles. The first-order chi connectivity index (χ1) is 7.83. The first kappa shape index (κ1) is 14.4. The highest BCUT2D eigenvalue weighted by Gasteiger charge is 2.31. The Hall–Kier alpha value is -0.620. The number of rotatable bonds is 5. The van der Waals surface area contributed by atoms with Crippen molar-refractivity contribution in [3.05, 3.63) is 0 Å². The summed E-state index contributed by atoms with van der Waals surface area (Å²) in [6.45, 7) is 5.91. The fourth-order valence-electron chi connectivity index (χ4n) is 1.90. The summed E-state index contributed by atoms with van der Waals surface area (Å²) < 4.78 is 23.2. The van der Waals surface area contributed by atoms with Gasteiger partial charge in [-0.05, 0) is 33.6 Å². The molecule has 0 bridgehead atoms. The van der Waals surface area contributed by atoms with Gasteiger partial charge in [0.15, 0.2) is 9.84 Å². The van der Waals surface area contributed by atoms with Crippen LogP contribution in [0.3, 0.4) is 0 Å². The van der Waals surface area contributed by atoms with Crippen molar-refractivity contribution in [2.24, 2.45) is 0 Å². The van der Waals surface area contributed by atoms with Gasteiger partial charge in [0.1, 0.15) is 0 Å². The molecule has 2 N–H and O–H groups in total. The van der Waals surface area contributed by atoms with Crippen LogP contribution in [0.1, 0.15) is 33.6 Å². The Morgan fingerprint density at radius 2 is 2.00 bits per heavy atom. The Balaban J connectivity index is 2.38. The maximum atomic E-state index is 11.6. The number of hydrogen-bond acceptors (Lipinski definition) is 4. The van der Waals surface area contributed by atoms with Crippen LogP contribution in [0.15, 0.2) is 0 Å². The summed E-state index contributed by atoms with van der Waals surface area (Å²) in [5.41, 5.74) is 0. The van der Waals surface area contributed by atoms with E-state index in [-0.39, 0.29) is 29.0 Å². The van der Waals surface area contributed by atoms with E-state index < -0.39 is 9.84 Å². The van der Waals surface area contributed by atoms with Gasteiger partial charge in [0.05, 0.1) is 17.0 Å². The number of carbonyl (C=O) groups excluding carboxylic acids is 1. The second-order valence-corrected chi connectivity index (χ2v) is 7.33. The molecule has 0 radical (unpaired) electrons. The predicted octanol–water partition coefficient (Wildman–Crippen LogP) is 0.0663. The zero-order valence-electron chi connectivity index (χ0n) is 10.7. The monoisotopic (exact) mass is 262 g/mol. The van der Waals surface area contributed by atoms with Crippen molar-refractivity contribution in [3.63, 3.8) is 0 Å². The molecule has 5 nitrogen and oxygen atoms in total. The van der Waals surface area contributed by atoms with Gasteiger partial charge in [-0.25, -0.2) is 8.42 Å². The minimum atomic E-state index is -2.93. The van der Waals surface area contributed by atoms with Crippen molar-refractivity contribution >= 4 is 15.7 Å². The van der Waals surface area contributed by atoms with Crippen molar-refractivity contribution < 1.29 is 13.2 Å². The standard InChI is InChI=1S/C11H22N2O3S/c1-8(2)13-11(14)9(3)12-7-10-5-4-6-17(10,15)16/h8-10,12H,4-7H2,1-3H3,(H,13,14). The molecule has 0 aromatic heterocycles. The van der Waals surface area contributed by atoms with Gasteiger partial charge in [-0.2, -0.15) is 0 Å². The summed E-state index contributed by atoms with van der Waals surface area (Å²) in [5, 5.41) is 5.46. The molecule has 1 heterocycles. The first-order valence-corrected chi connectivity index (χ1v) is 7.80. The van der Waals surface area contributed by atoms with Crippen LogP contribution >= 0.6 is 0 Å². The lowest BCUT2D eigenvalue weighted by atomic mass is 10.2. The van der Waals surface area contributed by atoms with E-state index >= 15 is 0 Å². The van der Waals surface area contributed by atoms with Crippen molar-refractivity contribution in [1.82, 2.24) is 10.6 Å². The topological polar surface area (TPSA) is 75.3 Å². The van der Waals surface area contributed by atoms with Gasteiger partial charge in [0.25, 0.3) is 0 Å². The van der Waals surface area contributed by atoms with Crippen LogP contribution in [0, 0.1) is 0 Å². The predicted molar refractivity (Wildman–Crippen MR) is 67.6 cm³/mol. The average Bonchev–Trinajstić information content (AvgIpc) is 2.53. The summed E-state index contributed by atoms with van der Waals surface area (Å²) in [5.74, 6) is 0.196. The van der Waals surface area contributed by atoms with Gasteiger partial charge in [-0.15, -0.1) is 0 Å². The van der Waals surface area contributed by atoms with E-state index in [0.717, 1.165) is 6.42 Å². The van der Waals surface area contributed by atoms with Gasteiger partial charge in [0, 0.05) is 12.6 Å². The molecule has 1 rings (SSSR count). The molecule has 0 aromatic carbocycles. The smallest absolute Gasteiger partial charge is 0.237 e. The lowest BCUT2D eigenvalue weighted by Crippen LogP contribution is -2.47. The normalized spacial score (nSPS) is 24.8. The molecule has 1 aliphatic rings. The molecule has 17 heavy (non-hydrogen) atoms. The largest absolute Gasteiger partial charge is 0.353 e. The highest BCUT2D eigenvalue weighted by molar-refractivity contribution is 7.92. The molecular weight excluding hydrogens is 240 g/mol. The first-order valence-electron chi connectivity index (χ1n) is 6.08. The number of nitrogens with one attached hydrogen (secondary N) is 2. The number of carbonyl (C=O) groups is 1. The quantitative estimate of drug-likeness (QED) is 0.735. The highest BCUT2D eigenvalue weighted by atomic mass is 32.2. The Morgan fingerprint density at radius 3 is 2.47 bits per heavy atom. The van der Waals surface area contributed by atoms with E-state index in [1.165, 1.54) is 0 Å². The fraction of sp³-hybridized carbons (Fsp3) is 0.909. The van der Waals surface area contributed by atoms with Crippen LogP contribution in [0.4, 0.5) is 0 Å². The van der Waals surface area contributed by atoms with E-state index in [0.29, 0.717) is 13.0 Å². The molecule has 100 valence electrons. The third-order valence-corrected chi connectivity index (χ3v) is 5.21. The van der Waals surface area contributed by atoms with Crippen LogP contribution in [-0.4, -0.2) is 44.0 Å². The molecule has 1 aliphatic heterocycles. The van der Waals surface area contributed by atoms with Crippen molar-refractivity contribution in [2.75, 3.05) is 12.3 Å². The Kier molecular flexibility index (Phi) is 4.94. The van der Waals surface area contributed by atoms with Gasteiger partial charge < -0.3 is 10.6 Å². The summed E-state index contributed by atoms with van der Waals surface area (Å²) >= 11 is 0. The van der Waals surface area contributed by atoms with Gasteiger partial charge >= 0.3 is 0 Å². The Labute approximate surface area is 103 Å². The third kappa shape index (κ3) is 4.27. The van der Waals surface area contributed by atoms with Crippen molar-refractivity contribution in [3.8, 4) is 0 Å². The zero-order chi connectivity index (χ0) is 13.1. The maximum absolute atomic E-state index is 11.6. The summed E-state index contributed by atoms with van der Waals surface area (Å²) in [6, 6.07) is -0.254. The van der Waals surface area contributed by atoms with Crippen molar-refractivity contribution in [2.45, 2.75) is 50.9 Å². The second kappa shape index (κ2) is 5.82. The number of amides is 1. The van der Waals surface area contributed by atoms with Crippen LogP contribution in [-0.2, 0) is 14.6 Å². The minimum absolute atomic E-state index is 0.0876. The van der Waals surface area contributed by atoms with E-state index in [4.69, 9.17) is 0 Å². The molecule has 1 amide bonds. The van der Waals surface area contributed by atoms with Gasteiger partial charge in [-0.1, -0.05) is 0 Å². The number of hydrogen-bond donors (Lipinski definition) is 2. The molecule has 0 aromatic rings. The van der Waals surface area contributed by atoms with Crippen LogP contribution in [0.5, 0.6) is 0 Å². The lowest BCUT2D eigenvalue weighted by molar-refractivity contribution is -0.123. The maximum Gasteiger partial charge on any atom is 0.237 e. The van der Waals surface area contributed by atoms with Gasteiger partial charge in [0.2, 0.25) is 5.91 Å². The average molecular weight is 262 g/mol. The second-order valence-electron chi connectivity index (χ2n) is 4.92. The van der Waals surface area contributed by atoms with Crippen LogP contribution in [0.2, 0.25) is 0 Å². The Morgan fingerprint density at radius 1 is 1.35 bits per heavy atom. The summed E-state index contributed by atoms with van der Waals surface area (Å²) in [7, 11) is -2.93. The van der Waals surface area contributed by atoms with Gasteiger partial charge in [-0.3, -0.25) is 4.79 Å². The van der Waals surface area contributed by atoms with E-state index in [1.807, 2.05) is 13.8 Å². The van der Waals surface area contributed by atoms with Crippen molar-refractivity contribution in [1.29, 1.82) is 0 Å². The lowest BCUT2D eigenvalue weighted by Gasteiger charge is -2.18. The number of sulfone groups is 1. The molecular formula is C11H22N2O3S. The molecule has 0 aliphatic carbocycles. The molecule has 6 heteroatoms. The minimum Gasteiger partial charge on any atom is -0.353 e. The molecule has 2 atom stereocenters. The van der Waals surface area contributed by atoms with Crippen LogP contribution in [0.25, 0.3) is 0 Å². The van der Waals surface area contributed by atoms with Crippen LogP contribution < -0.4 is 10.6 Å². The van der Waals surface area contributed by atoms with E-state index in [2.05, 4.69) is 10.6 Å². The Bertz CT molecular complexity index is 365. The molecule has 1 fully saturated rings. The SMILES string of the molecule is CC(C)NC(=O)C(C)NCC1CCCS1(=O)=O. The summed E-state index contributed by atoms with van der Waals surface area (Å²) in [6.07, 6.45) is 1.44. The fourth-order valence-corrected chi connectivity index (χ4v) is 3.68. The highest BCUT2D eigenvalue weighted by Crippen LogP contribution is 2.19. The summed E-state index contributed by atoms with van der Waals surface area (Å²) in [4.78, 5) is 11.6. The van der Waals surface area contributed by atoms with E-state index in [1.54, 1.807) is 6.92 Å². The van der Waals surface area contributed by atoms with E-state index in [9.17, 15) is 13.2 Å². The molecule has 2 unspecified atom stereocenters.